The van der Waals surface area contributed by atoms with E-state index in [9.17, 15) is 13.5 Å². The van der Waals surface area contributed by atoms with Gasteiger partial charge >= 0.3 is 0 Å². The smallest absolute Gasteiger partial charge is 0.263 e. The molecule has 0 unspecified atom stereocenters. The van der Waals surface area contributed by atoms with Gasteiger partial charge in [0.15, 0.2) is 0 Å². The Morgan fingerprint density at radius 1 is 1.33 bits per heavy atom. The summed E-state index contributed by atoms with van der Waals surface area (Å²) >= 11 is 6.01. The molecule has 5 nitrogen and oxygen atoms in total. The number of hydrogen-bond donors (Lipinski definition) is 2. The molecule has 0 aliphatic carbocycles. The standard InChI is InChI=1S/C14H17ClN2O3S/c1-3-17-8-12(7-11(17)9-18)21(19,20)16-14-6-10(2)4-5-13(14)15/h4-8,16,18H,3,9H2,1-2H3. The van der Waals surface area contributed by atoms with Crippen molar-refractivity contribution in [1.82, 2.24) is 4.57 Å². The topological polar surface area (TPSA) is 71.3 Å². The van der Waals surface area contributed by atoms with Crippen molar-refractivity contribution < 1.29 is 13.5 Å². The summed E-state index contributed by atoms with van der Waals surface area (Å²) in [6, 6.07) is 6.57. The summed E-state index contributed by atoms with van der Waals surface area (Å²) < 4.78 is 29.0. The van der Waals surface area contributed by atoms with Gasteiger partial charge in [-0.15, -0.1) is 0 Å². The van der Waals surface area contributed by atoms with Gasteiger partial charge in [0.05, 0.1) is 17.3 Å². The average Bonchev–Trinajstić information content (AvgIpc) is 2.86. The maximum atomic E-state index is 12.4. The number of anilines is 1. The molecule has 0 aliphatic rings. The molecule has 1 aromatic carbocycles. The summed E-state index contributed by atoms with van der Waals surface area (Å²) in [5.41, 5.74) is 1.79. The number of aliphatic hydroxyl groups is 1. The Hall–Kier alpha value is -1.50. The molecule has 0 spiro atoms. The van der Waals surface area contributed by atoms with Crippen LogP contribution in [0.3, 0.4) is 0 Å². The number of aryl methyl sites for hydroxylation is 2. The second kappa shape index (κ2) is 6.09. The van der Waals surface area contributed by atoms with Gasteiger partial charge in [-0.25, -0.2) is 8.42 Å². The van der Waals surface area contributed by atoms with Crippen molar-refractivity contribution in [3.63, 3.8) is 0 Å². The predicted molar refractivity (Wildman–Crippen MR) is 83.0 cm³/mol. The van der Waals surface area contributed by atoms with Crippen LogP contribution in [0.5, 0.6) is 0 Å². The molecule has 1 aromatic heterocycles. The third kappa shape index (κ3) is 3.40. The van der Waals surface area contributed by atoms with Crippen molar-refractivity contribution in [1.29, 1.82) is 0 Å². The van der Waals surface area contributed by atoms with Crippen molar-refractivity contribution >= 4 is 27.3 Å². The Morgan fingerprint density at radius 2 is 2.05 bits per heavy atom. The number of sulfonamides is 1. The monoisotopic (exact) mass is 328 g/mol. The fraction of sp³-hybridized carbons (Fsp3) is 0.286. The van der Waals surface area contributed by atoms with Crippen LogP contribution >= 0.6 is 11.6 Å². The normalized spacial score (nSPS) is 11.6. The lowest BCUT2D eigenvalue weighted by molar-refractivity contribution is 0.271. The molecule has 2 rings (SSSR count). The van der Waals surface area contributed by atoms with Crippen LogP contribution in [0.25, 0.3) is 0 Å². The predicted octanol–water partition coefficient (Wildman–Crippen LogP) is 2.76. The van der Waals surface area contributed by atoms with Crippen LogP contribution < -0.4 is 4.72 Å². The number of hydrogen-bond acceptors (Lipinski definition) is 3. The van der Waals surface area contributed by atoms with Gasteiger partial charge in [-0.2, -0.15) is 0 Å². The summed E-state index contributed by atoms with van der Waals surface area (Å²) in [6.45, 7) is 4.09. The van der Waals surface area contributed by atoms with Crippen molar-refractivity contribution in [3.8, 4) is 0 Å². The Labute approximate surface area is 129 Å². The zero-order chi connectivity index (χ0) is 15.6. The van der Waals surface area contributed by atoms with Gasteiger partial charge < -0.3 is 9.67 Å². The fourth-order valence-corrected chi connectivity index (χ4v) is 3.37. The molecule has 0 aliphatic heterocycles. The number of nitrogens with one attached hydrogen (secondary N) is 1. The molecule has 0 bridgehead atoms. The molecular weight excluding hydrogens is 312 g/mol. The van der Waals surface area contributed by atoms with Crippen LogP contribution in [0.15, 0.2) is 35.4 Å². The summed E-state index contributed by atoms with van der Waals surface area (Å²) in [5, 5.41) is 9.58. The van der Waals surface area contributed by atoms with E-state index in [0.29, 0.717) is 22.9 Å². The molecule has 1 heterocycles. The number of benzene rings is 1. The maximum absolute atomic E-state index is 12.4. The maximum Gasteiger partial charge on any atom is 0.263 e. The van der Waals surface area contributed by atoms with Gasteiger partial charge in [0.2, 0.25) is 0 Å². The molecule has 0 atom stereocenters. The van der Waals surface area contributed by atoms with E-state index in [1.807, 2.05) is 13.8 Å². The minimum absolute atomic E-state index is 0.103. The Balaban J connectivity index is 2.38. The van der Waals surface area contributed by atoms with Crippen LogP contribution in [-0.4, -0.2) is 18.1 Å². The summed E-state index contributed by atoms with van der Waals surface area (Å²) in [7, 11) is -3.74. The lowest BCUT2D eigenvalue weighted by atomic mass is 10.2. The third-order valence-corrected chi connectivity index (χ3v) is 4.80. The molecule has 0 fully saturated rings. The van der Waals surface area contributed by atoms with Crippen LogP contribution in [0.4, 0.5) is 5.69 Å². The van der Waals surface area contributed by atoms with Gasteiger partial charge in [-0.3, -0.25) is 4.72 Å². The minimum Gasteiger partial charge on any atom is -0.390 e. The fourth-order valence-electron chi connectivity index (χ4n) is 2.02. The summed E-state index contributed by atoms with van der Waals surface area (Å²) in [5.74, 6) is 0. The van der Waals surface area contributed by atoms with Crippen LogP contribution in [0, 0.1) is 6.92 Å². The molecule has 21 heavy (non-hydrogen) atoms. The van der Waals surface area contributed by atoms with E-state index in [2.05, 4.69) is 4.72 Å². The zero-order valence-electron chi connectivity index (χ0n) is 11.8. The van der Waals surface area contributed by atoms with E-state index in [0.717, 1.165) is 5.56 Å². The number of rotatable bonds is 5. The van der Waals surface area contributed by atoms with Crippen LogP contribution in [0.2, 0.25) is 5.02 Å². The van der Waals surface area contributed by atoms with E-state index in [-0.39, 0.29) is 11.5 Å². The molecule has 2 N–H and O–H groups in total. The second-order valence-corrected chi connectivity index (χ2v) is 6.79. The molecule has 114 valence electrons. The van der Waals surface area contributed by atoms with Crippen molar-refractivity contribution in [2.45, 2.75) is 31.9 Å². The lowest BCUT2D eigenvalue weighted by Gasteiger charge is -2.09. The lowest BCUT2D eigenvalue weighted by Crippen LogP contribution is -2.12. The van der Waals surface area contributed by atoms with E-state index in [1.54, 1.807) is 22.8 Å². The molecule has 0 saturated carbocycles. The number of aromatic nitrogens is 1. The SMILES string of the molecule is CCn1cc(S(=O)(=O)Nc2cc(C)ccc2Cl)cc1CO. The van der Waals surface area contributed by atoms with Crippen molar-refractivity contribution in [2.75, 3.05) is 4.72 Å². The van der Waals surface area contributed by atoms with Gasteiger partial charge in [0.1, 0.15) is 4.90 Å². The highest BCUT2D eigenvalue weighted by Crippen LogP contribution is 2.26. The van der Waals surface area contributed by atoms with E-state index < -0.39 is 10.0 Å². The highest BCUT2D eigenvalue weighted by molar-refractivity contribution is 7.92. The van der Waals surface area contributed by atoms with Crippen molar-refractivity contribution in [2.24, 2.45) is 0 Å². The summed E-state index contributed by atoms with van der Waals surface area (Å²) in [6.07, 6.45) is 1.50. The second-order valence-electron chi connectivity index (χ2n) is 4.70. The first-order valence-corrected chi connectivity index (χ1v) is 8.32. The molecular formula is C14H17ClN2O3S. The van der Waals surface area contributed by atoms with Gasteiger partial charge in [-0.05, 0) is 37.6 Å². The first-order chi connectivity index (χ1) is 9.87. The number of aliphatic hydroxyl groups excluding tert-OH is 1. The van der Waals surface area contributed by atoms with E-state index in [1.165, 1.54) is 12.3 Å². The highest BCUT2D eigenvalue weighted by Gasteiger charge is 2.19. The van der Waals surface area contributed by atoms with Gasteiger partial charge in [-0.1, -0.05) is 17.7 Å². The molecule has 0 radical (unpaired) electrons. The Morgan fingerprint density at radius 3 is 2.62 bits per heavy atom. The van der Waals surface area contributed by atoms with Crippen molar-refractivity contribution in [3.05, 3.63) is 46.7 Å². The first kappa shape index (κ1) is 15.9. The average molecular weight is 329 g/mol. The highest BCUT2D eigenvalue weighted by atomic mass is 35.5. The first-order valence-electron chi connectivity index (χ1n) is 6.46. The van der Waals surface area contributed by atoms with Crippen LogP contribution in [-0.2, 0) is 23.2 Å². The number of halogens is 1. The molecule has 7 heteroatoms. The molecule has 0 saturated heterocycles. The Bertz CT molecular complexity index is 732. The zero-order valence-corrected chi connectivity index (χ0v) is 13.4. The van der Waals surface area contributed by atoms with E-state index >= 15 is 0 Å². The number of nitrogens with zero attached hydrogens (tertiary/aromatic N) is 1. The van der Waals surface area contributed by atoms with E-state index in [4.69, 9.17) is 11.6 Å². The summed E-state index contributed by atoms with van der Waals surface area (Å²) in [4.78, 5) is 0.103. The van der Waals surface area contributed by atoms with Gasteiger partial charge in [0.25, 0.3) is 10.0 Å². The quantitative estimate of drug-likeness (QED) is 0.886. The Kier molecular flexibility index (Phi) is 4.61. The van der Waals surface area contributed by atoms with Gasteiger partial charge in [0, 0.05) is 18.4 Å². The van der Waals surface area contributed by atoms with Crippen LogP contribution in [0.1, 0.15) is 18.2 Å². The molecule has 0 amide bonds. The minimum atomic E-state index is -3.74. The third-order valence-electron chi connectivity index (χ3n) is 3.14. The molecule has 2 aromatic rings. The largest absolute Gasteiger partial charge is 0.390 e.